The third-order valence-electron chi connectivity index (χ3n) is 5.17. The van der Waals surface area contributed by atoms with E-state index in [9.17, 15) is 14.4 Å². The highest BCUT2D eigenvalue weighted by molar-refractivity contribution is 6.36. The van der Waals surface area contributed by atoms with Crippen LogP contribution in [0.3, 0.4) is 0 Å². The molecule has 0 saturated heterocycles. The molecule has 0 radical (unpaired) electrons. The molecule has 0 aliphatic carbocycles. The standard InChI is InChI=1S/C25H21ClN4O3/c1-15-6-9-18(26)13-21(15)29-23-22(17-7-10-19(11-8-17)28-16(2)31)24(32)30(25(23)33)14-20-5-3-4-12-27-20/h3-13,29H,14H2,1-2H3,(H,28,31). The van der Waals surface area contributed by atoms with Gasteiger partial charge in [-0.05, 0) is 54.4 Å². The first-order valence-corrected chi connectivity index (χ1v) is 10.6. The molecule has 0 unspecified atom stereocenters. The number of aromatic nitrogens is 1. The summed E-state index contributed by atoms with van der Waals surface area (Å²) in [5.41, 5.74) is 3.64. The van der Waals surface area contributed by atoms with Gasteiger partial charge in [-0.2, -0.15) is 0 Å². The van der Waals surface area contributed by atoms with Gasteiger partial charge in [-0.1, -0.05) is 35.9 Å². The highest BCUT2D eigenvalue weighted by Gasteiger charge is 2.39. The lowest BCUT2D eigenvalue weighted by atomic mass is 10.0. The molecule has 0 fully saturated rings. The van der Waals surface area contributed by atoms with Crippen molar-refractivity contribution in [3.8, 4) is 0 Å². The van der Waals surface area contributed by atoms with E-state index in [2.05, 4.69) is 15.6 Å². The molecule has 2 N–H and O–H groups in total. The molecule has 1 aromatic heterocycles. The van der Waals surface area contributed by atoms with Crippen LogP contribution in [0.4, 0.5) is 11.4 Å². The molecule has 166 valence electrons. The first-order chi connectivity index (χ1) is 15.8. The van der Waals surface area contributed by atoms with Gasteiger partial charge in [0.2, 0.25) is 5.91 Å². The average molecular weight is 461 g/mol. The third kappa shape index (κ3) is 4.78. The number of halogens is 1. The molecule has 0 saturated carbocycles. The average Bonchev–Trinajstić information content (AvgIpc) is 3.01. The number of aryl methyl sites for hydroxylation is 1. The molecule has 8 heteroatoms. The second-order valence-electron chi connectivity index (χ2n) is 7.61. The number of anilines is 2. The zero-order valence-corrected chi connectivity index (χ0v) is 18.8. The molecule has 0 atom stereocenters. The number of nitrogens with zero attached hydrogens (tertiary/aromatic N) is 2. The molecule has 7 nitrogen and oxygen atoms in total. The Morgan fingerprint density at radius 3 is 2.45 bits per heavy atom. The number of rotatable bonds is 6. The summed E-state index contributed by atoms with van der Waals surface area (Å²) in [7, 11) is 0. The minimum Gasteiger partial charge on any atom is -0.350 e. The Morgan fingerprint density at radius 1 is 1.03 bits per heavy atom. The summed E-state index contributed by atoms with van der Waals surface area (Å²) in [6, 6.07) is 17.4. The van der Waals surface area contributed by atoms with Gasteiger partial charge in [-0.3, -0.25) is 24.3 Å². The fraction of sp³-hybridized carbons (Fsp3) is 0.120. The molecule has 0 spiro atoms. The molecular weight excluding hydrogens is 440 g/mol. The fourth-order valence-corrected chi connectivity index (χ4v) is 3.72. The maximum absolute atomic E-state index is 13.4. The second kappa shape index (κ2) is 9.26. The predicted octanol–water partition coefficient (Wildman–Crippen LogP) is 4.39. The SMILES string of the molecule is CC(=O)Nc1ccc(C2=C(Nc3cc(Cl)ccc3C)C(=O)N(Cc3ccccn3)C2=O)cc1. The summed E-state index contributed by atoms with van der Waals surface area (Å²) in [6.07, 6.45) is 1.62. The van der Waals surface area contributed by atoms with Crippen LogP contribution in [0, 0.1) is 6.92 Å². The number of imide groups is 1. The van der Waals surface area contributed by atoms with Gasteiger partial charge in [0.25, 0.3) is 11.8 Å². The van der Waals surface area contributed by atoms with Crippen molar-refractivity contribution < 1.29 is 14.4 Å². The fourth-order valence-electron chi connectivity index (χ4n) is 3.54. The zero-order valence-electron chi connectivity index (χ0n) is 18.1. The van der Waals surface area contributed by atoms with Crippen LogP contribution >= 0.6 is 11.6 Å². The minimum atomic E-state index is -0.453. The van der Waals surface area contributed by atoms with Crippen molar-refractivity contribution >= 4 is 46.3 Å². The van der Waals surface area contributed by atoms with Crippen LogP contribution in [0.5, 0.6) is 0 Å². The Hall–Kier alpha value is -3.97. The molecule has 1 aliphatic heterocycles. The lowest BCUT2D eigenvalue weighted by molar-refractivity contribution is -0.137. The Morgan fingerprint density at radius 2 is 1.79 bits per heavy atom. The molecular formula is C25H21ClN4O3. The first-order valence-electron chi connectivity index (χ1n) is 10.2. The number of nitrogens with one attached hydrogen (secondary N) is 2. The van der Waals surface area contributed by atoms with E-state index in [1.54, 1.807) is 60.8 Å². The van der Waals surface area contributed by atoms with Crippen molar-refractivity contribution in [2.45, 2.75) is 20.4 Å². The first kappa shape index (κ1) is 22.2. The summed E-state index contributed by atoms with van der Waals surface area (Å²) in [5.74, 6) is -1.08. The van der Waals surface area contributed by atoms with Crippen LogP contribution in [0.15, 0.2) is 72.6 Å². The van der Waals surface area contributed by atoms with Gasteiger partial charge >= 0.3 is 0 Å². The van der Waals surface area contributed by atoms with Gasteiger partial charge in [-0.15, -0.1) is 0 Å². The highest BCUT2D eigenvalue weighted by Crippen LogP contribution is 2.33. The Balaban J connectivity index is 1.75. The summed E-state index contributed by atoms with van der Waals surface area (Å²) in [6.45, 7) is 3.35. The van der Waals surface area contributed by atoms with E-state index >= 15 is 0 Å². The number of hydrogen-bond donors (Lipinski definition) is 2. The van der Waals surface area contributed by atoms with E-state index < -0.39 is 11.8 Å². The largest absolute Gasteiger partial charge is 0.350 e. The Kier molecular flexibility index (Phi) is 6.24. The molecule has 1 aliphatic rings. The van der Waals surface area contributed by atoms with Gasteiger partial charge < -0.3 is 10.6 Å². The number of carbonyl (C=O) groups excluding carboxylic acids is 3. The smallest absolute Gasteiger partial charge is 0.278 e. The van der Waals surface area contributed by atoms with Crippen LogP contribution in [-0.4, -0.2) is 27.6 Å². The Bertz CT molecular complexity index is 1270. The van der Waals surface area contributed by atoms with Crippen molar-refractivity contribution in [1.82, 2.24) is 9.88 Å². The Labute approximate surface area is 196 Å². The van der Waals surface area contributed by atoms with Crippen molar-refractivity contribution in [1.29, 1.82) is 0 Å². The quantitative estimate of drug-likeness (QED) is 0.532. The van der Waals surface area contributed by atoms with E-state index in [1.165, 1.54) is 11.8 Å². The van der Waals surface area contributed by atoms with E-state index in [-0.39, 0.29) is 23.7 Å². The monoisotopic (exact) mass is 460 g/mol. The lowest BCUT2D eigenvalue weighted by Crippen LogP contribution is -2.32. The summed E-state index contributed by atoms with van der Waals surface area (Å²) >= 11 is 6.15. The molecule has 2 aromatic carbocycles. The second-order valence-corrected chi connectivity index (χ2v) is 8.05. The van der Waals surface area contributed by atoms with Crippen LogP contribution in [0.25, 0.3) is 5.57 Å². The summed E-state index contributed by atoms with van der Waals surface area (Å²) < 4.78 is 0. The lowest BCUT2D eigenvalue weighted by Gasteiger charge is -2.15. The topological polar surface area (TPSA) is 91.4 Å². The molecule has 3 amide bonds. The van der Waals surface area contributed by atoms with Gasteiger partial charge in [0.1, 0.15) is 5.70 Å². The normalized spacial score (nSPS) is 13.5. The van der Waals surface area contributed by atoms with Crippen molar-refractivity contribution in [2.24, 2.45) is 0 Å². The maximum Gasteiger partial charge on any atom is 0.278 e. The molecule has 33 heavy (non-hydrogen) atoms. The molecule has 0 bridgehead atoms. The number of pyridine rings is 1. The van der Waals surface area contributed by atoms with Crippen LogP contribution < -0.4 is 10.6 Å². The molecule has 2 heterocycles. The minimum absolute atomic E-state index is 0.0473. The van der Waals surface area contributed by atoms with E-state index in [1.807, 2.05) is 13.0 Å². The van der Waals surface area contributed by atoms with Gasteiger partial charge in [0.05, 0.1) is 17.8 Å². The van der Waals surface area contributed by atoms with E-state index in [0.29, 0.717) is 27.7 Å². The van der Waals surface area contributed by atoms with Crippen LogP contribution in [-0.2, 0) is 20.9 Å². The summed E-state index contributed by atoms with van der Waals surface area (Å²) in [5, 5.41) is 6.33. The maximum atomic E-state index is 13.4. The van der Waals surface area contributed by atoms with Gasteiger partial charge in [0, 0.05) is 29.5 Å². The molecule has 4 rings (SSSR count). The molecule has 3 aromatic rings. The predicted molar refractivity (Wildman–Crippen MR) is 127 cm³/mol. The van der Waals surface area contributed by atoms with E-state index in [4.69, 9.17) is 11.6 Å². The number of carbonyl (C=O) groups is 3. The van der Waals surface area contributed by atoms with Crippen molar-refractivity contribution in [3.63, 3.8) is 0 Å². The third-order valence-corrected chi connectivity index (χ3v) is 5.40. The van der Waals surface area contributed by atoms with Crippen LogP contribution in [0.2, 0.25) is 5.02 Å². The number of hydrogen-bond acceptors (Lipinski definition) is 5. The van der Waals surface area contributed by atoms with Gasteiger partial charge in [-0.25, -0.2) is 0 Å². The summed E-state index contributed by atoms with van der Waals surface area (Å²) in [4.78, 5) is 43.5. The zero-order chi connectivity index (χ0) is 23.5. The van der Waals surface area contributed by atoms with Crippen LogP contribution in [0.1, 0.15) is 23.7 Å². The number of amides is 3. The van der Waals surface area contributed by atoms with Crippen molar-refractivity contribution in [3.05, 3.63) is 94.4 Å². The van der Waals surface area contributed by atoms with Gasteiger partial charge in [0.15, 0.2) is 0 Å². The van der Waals surface area contributed by atoms with E-state index in [0.717, 1.165) is 5.56 Å². The van der Waals surface area contributed by atoms with Crippen molar-refractivity contribution in [2.75, 3.05) is 10.6 Å². The number of benzene rings is 2. The highest BCUT2D eigenvalue weighted by atomic mass is 35.5.